The Labute approximate surface area is 106 Å². The number of benzene rings is 1. The molecule has 1 N–H and O–H groups in total. The van der Waals surface area contributed by atoms with E-state index < -0.39 is 6.04 Å². The molecule has 1 amide bonds. The molecule has 1 aliphatic rings. The molecule has 1 aromatic rings. The average Bonchev–Trinajstić information content (AvgIpc) is 2.38. The van der Waals surface area contributed by atoms with E-state index in [1.54, 1.807) is 11.8 Å². The standard InChI is InChI=1S/C13H16N2O3/c1-9(13(17)18-2)14-10-3-5-11(6-4-10)15-8-7-12(15)16/h3-6,9,14H,7-8H2,1-2H3/t9-/m1/s1. The SMILES string of the molecule is COC(=O)[C@@H](C)Nc1ccc(N2CCC2=O)cc1. The van der Waals surface area contributed by atoms with Gasteiger partial charge in [-0.3, -0.25) is 4.79 Å². The second kappa shape index (κ2) is 5.08. The summed E-state index contributed by atoms with van der Waals surface area (Å²) in [7, 11) is 1.36. The van der Waals surface area contributed by atoms with Crippen molar-refractivity contribution in [3.63, 3.8) is 0 Å². The van der Waals surface area contributed by atoms with Crippen LogP contribution in [0, 0.1) is 0 Å². The molecule has 5 nitrogen and oxygen atoms in total. The zero-order chi connectivity index (χ0) is 13.1. The molecule has 0 radical (unpaired) electrons. The van der Waals surface area contributed by atoms with Crippen LogP contribution in [0.15, 0.2) is 24.3 Å². The zero-order valence-electron chi connectivity index (χ0n) is 10.5. The lowest BCUT2D eigenvalue weighted by atomic mass is 10.1. The predicted molar refractivity (Wildman–Crippen MR) is 68.5 cm³/mol. The number of ether oxygens (including phenoxy) is 1. The first-order valence-corrected chi connectivity index (χ1v) is 5.86. The molecule has 1 fully saturated rings. The topological polar surface area (TPSA) is 58.6 Å². The molecule has 0 aromatic heterocycles. The summed E-state index contributed by atoms with van der Waals surface area (Å²) in [6.07, 6.45) is 0.624. The number of anilines is 2. The number of nitrogens with zero attached hydrogens (tertiary/aromatic N) is 1. The highest BCUT2D eigenvalue weighted by molar-refractivity contribution is 5.99. The van der Waals surface area contributed by atoms with Gasteiger partial charge < -0.3 is 15.0 Å². The van der Waals surface area contributed by atoms with E-state index in [1.807, 2.05) is 24.3 Å². The Morgan fingerprint density at radius 2 is 2.06 bits per heavy atom. The van der Waals surface area contributed by atoms with Crippen LogP contribution in [0.4, 0.5) is 11.4 Å². The monoisotopic (exact) mass is 248 g/mol. The van der Waals surface area contributed by atoms with Crippen LogP contribution in [0.5, 0.6) is 0 Å². The highest BCUT2D eigenvalue weighted by atomic mass is 16.5. The van der Waals surface area contributed by atoms with Crippen molar-refractivity contribution in [3.8, 4) is 0 Å². The van der Waals surface area contributed by atoms with Crippen molar-refractivity contribution in [2.24, 2.45) is 0 Å². The maximum absolute atomic E-state index is 11.3. The molecular formula is C13H16N2O3. The molecule has 2 rings (SSSR count). The maximum atomic E-state index is 11.3. The number of amides is 1. The number of β-lactam (4-membered cyclic amide) rings is 1. The van der Waals surface area contributed by atoms with Crippen molar-refractivity contribution in [1.29, 1.82) is 0 Å². The van der Waals surface area contributed by atoms with E-state index >= 15 is 0 Å². The summed E-state index contributed by atoms with van der Waals surface area (Å²) < 4.78 is 4.63. The lowest BCUT2D eigenvalue weighted by Gasteiger charge is -2.30. The summed E-state index contributed by atoms with van der Waals surface area (Å²) in [5.41, 5.74) is 1.71. The minimum Gasteiger partial charge on any atom is -0.467 e. The van der Waals surface area contributed by atoms with Gasteiger partial charge in [0.05, 0.1) is 7.11 Å². The second-order valence-corrected chi connectivity index (χ2v) is 4.23. The van der Waals surface area contributed by atoms with Crippen molar-refractivity contribution >= 4 is 23.3 Å². The van der Waals surface area contributed by atoms with Crippen LogP contribution in [0.25, 0.3) is 0 Å². The Kier molecular flexibility index (Phi) is 3.50. The van der Waals surface area contributed by atoms with Crippen LogP contribution in [-0.2, 0) is 14.3 Å². The van der Waals surface area contributed by atoms with Crippen LogP contribution in [0.2, 0.25) is 0 Å². The molecule has 1 saturated heterocycles. The van der Waals surface area contributed by atoms with Crippen molar-refractivity contribution in [1.82, 2.24) is 0 Å². The highest BCUT2D eigenvalue weighted by Gasteiger charge is 2.24. The van der Waals surface area contributed by atoms with Gasteiger partial charge in [-0.25, -0.2) is 4.79 Å². The first kappa shape index (κ1) is 12.4. The summed E-state index contributed by atoms with van der Waals surface area (Å²) >= 11 is 0. The van der Waals surface area contributed by atoms with Gasteiger partial charge in [0.15, 0.2) is 0 Å². The van der Waals surface area contributed by atoms with E-state index in [0.717, 1.165) is 17.9 Å². The Hall–Kier alpha value is -2.04. The minimum absolute atomic E-state index is 0.152. The van der Waals surface area contributed by atoms with Gasteiger partial charge in [-0.05, 0) is 31.2 Å². The average molecular weight is 248 g/mol. The van der Waals surface area contributed by atoms with E-state index in [1.165, 1.54) is 7.11 Å². The summed E-state index contributed by atoms with van der Waals surface area (Å²) in [5, 5.41) is 3.03. The number of hydrogen-bond acceptors (Lipinski definition) is 4. The van der Waals surface area contributed by atoms with E-state index in [4.69, 9.17) is 0 Å². The van der Waals surface area contributed by atoms with Crippen molar-refractivity contribution in [2.45, 2.75) is 19.4 Å². The molecule has 0 saturated carbocycles. The second-order valence-electron chi connectivity index (χ2n) is 4.23. The molecular weight excluding hydrogens is 232 g/mol. The predicted octanol–water partition coefficient (Wildman–Crippen LogP) is 1.40. The number of carbonyl (C=O) groups excluding carboxylic acids is 2. The Bertz CT molecular complexity index is 456. The summed E-state index contributed by atoms with van der Waals surface area (Å²) in [6.45, 7) is 2.52. The van der Waals surface area contributed by atoms with E-state index in [2.05, 4.69) is 10.1 Å². The molecule has 0 unspecified atom stereocenters. The number of hydrogen-bond donors (Lipinski definition) is 1. The molecule has 1 aliphatic heterocycles. The first-order chi connectivity index (χ1) is 8.61. The molecule has 1 atom stereocenters. The number of esters is 1. The molecule has 96 valence electrons. The lowest BCUT2D eigenvalue weighted by Crippen LogP contribution is -2.43. The van der Waals surface area contributed by atoms with Gasteiger partial charge in [0.1, 0.15) is 6.04 Å². The van der Waals surface area contributed by atoms with Crippen molar-refractivity contribution in [3.05, 3.63) is 24.3 Å². The number of rotatable bonds is 4. The van der Waals surface area contributed by atoms with Gasteiger partial charge in [-0.1, -0.05) is 0 Å². The molecule has 1 aromatic carbocycles. The lowest BCUT2D eigenvalue weighted by molar-refractivity contribution is -0.141. The van der Waals surface area contributed by atoms with Gasteiger partial charge in [0.2, 0.25) is 5.91 Å². The van der Waals surface area contributed by atoms with E-state index in [9.17, 15) is 9.59 Å². The molecule has 0 spiro atoms. The smallest absolute Gasteiger partial charge is 0.327 e. The van der Waals surface area contributed by atoms with Gasteiger partial charge in [-0.2, -0.15) is 0 Å². The molecule has 1 heterocycles. The Morgan fingerprint density at radius 1 is 1.39 bits per heavy atom. The third-order valence-corrected chi connectivity index (χ3v) is 2.97. The minimum atomic E-state index is -0.397. The summed E-state index contributed by atoms with van der Waals surface area (Å²) in [5.74, 6) is -0.157. The summed E-state index contributed by atoms with van der Waals surface area (Å²) in [4.78, 5) is 24.3. The normalized spacial score (nSPS) is 15.9. The fourth-order valence-corrected chi connectivity index (χ4v) is 1.81. The van der Waals surface area contributed by atoms with Gasteiger partial charge in [0, 0.05) is 24.3 Å². The maximum Gasteiger partial charge on any atom is 0.327 e. The third kappa shape index (κ3) is 2.45. The van der Waals surface area contributed by atoms with E-state index in [-0.39, 0.29) is 11.9 Å². The third-order valence-electron chi connectivity index (χ3n) is 2.97. The van der Waals surface area contributed by atoms with Crippen LogP contribution in [0.3, 0.4) is 0 Å². The number of nitrogens with one attached hydrogen (secondary N) is 1. The zero-order valence-corrected chi connectivity index (χ0v) is 10.5. The quantitative estimate of drug-likeness (QED) is 0.646. The Morgan fingerprint density at radius 3 is 2.50 bits per heavy atom. The van der Waals surface area contributed by atoms with Gasteiger partial charge in [0.25, 0.3) is 0 Å². The van der Waals surface area contributed by atoms with Crippen LogP contribution in [0.1, 0.15) is 13.3 Å². The van der Waals surface area contributed by atoms with Crippen molar-refractivity contribution in [2.75, 3.05) is 23.9 Å². The van der Waals surface area contributed by atoms with Crippen molar-refractivity contribution < 1.29 is 14.3 Å². The van der Waals surface area contributed by atoms with E-state index in [0.29, 0.717) is 6.42 Å². The molecule has 5 heteroatoms. The number of methoxy groups -OCH3 is 1. The molecule has 0 aliphatic carbocycles. The van der Waals surface area contributed by atoms with Gasteiger partial charge in [-0.15, -0.1) is 0 Å². The van der Waals surface area contributed by atoms with Crippen LogP contribution < -0.4 is 10.2 Å². The molecule has 18 heavy (non-hydrogen) atoms. The highest BCUT2D eigenvalue weighted by Crippen LogP contribution is 2.23. The largest absolute Gasteiger partial charge is 0.467 e. The first-order valence-electron chi connectivity index (χ1n) is 5.86. The fraction of sp³-hybridized carbons (Fsp3) is 0.385. The Balaban J connectivity index is 1.99. The van der Waals surface area contributed by atoms with Crippen LogP contribution in [-0.4, -0.2) is 31.6 Å². The van der Waals surface area contributed by atoms with Gasteiger partial charge >= 0.3 is 5.97 Å². The molecule has 0 bridgehead atoms. The van der Waals surface area contributed by atoms with Crippen LogP contribution >= 0.6 is 0 Å². The fourth-order valence-electron chi connectivity index (χ4n) is 1.81. The number of carbonyl (C=O) groups is 2. The summed E-state index contributed by atoms with van der Waals surface area (Å²) in [6, 6.07) is 7.03.